The summed E-state index contributed by atoms with van der Waals surface area (Å²) >= 11 is 6.07. The fraction of sp³-hybridized carbons (Fsp3) is 0.310. The van der Waals surface area contributed by atoms with Gasteiger partial charge in [-0.25, -0.2) is 12.8 Å². The summed E-state index contributed by atoms with van der Waals surface area (Å²) in [5, 5.41) is 3.27. The van der Waals surface area contributed by atoms with Gasteiger partial charge < -0.3 is 10.2 Å². The minimum atomic E-state index is -3.91. The van der Waals surface area contributed by atoms with Gasteiger partial charge in [-0.15, -0.1) is 0 Å². The Hall–Kier alpha value is -3.43. The van der Waals surface area contributed by atoms with Gasteiger partial charge in [-0.05, 0) is 48.7 Å². The molecule has 3 rings (SSSR count). The van der Waals surface area contributed by atoms with Crippen LogP contribution in [0.3, 0.4) is 0 Å². The average molecular weight is 574 g/mol. The first-order valence-corrected chi connectivity index (χ1v) is 14.8. The molecule has 0 heterocycles. The zero-order chi connectivity index (χ0) is 28.6. The van der Waals surface area contributed by atoms with Crippen LogP contribution < -0.4 is 9.62 Å². The highest BCUT2D eigenvalue weighted by Crippen LogP contribution is 2.26. The van der Waals surface area contributed by atoms with Gasteiger partial charge in [0.15, 0.2) is 0 Å². The van der Waals surface area contributed by atoms with Crippen molar-refractivity contribution in [2.24, 2.45) is 0 Å². The molecule has 0 aromatic heterocycles. The number of aryl methyl sites for hydroxylation is 1. The molecule has 208 valence electrons. The molecule has 1 N–H and O–H groups in total. The predicted molar refractivity (Wildman–Crippen MR) is 153 cm³/mol. The van der Waals surface area contributed by atoms with Crippen LogP contribution >= 0.6 is 11.6 Å². The summed E-state index contributed by atoms with van der Waals surface area (Å²) in [5.74, 6) is -1.58. The SMILES string of the molecule is CCCNC(=O)[C@H](Cc1ccccc1)N(Cc1ccccc1F)C(=O)CN(c1ccc(Cl)cc1C)S(C)(=O)=O. The van der Waals surface area contributed by atoms with Crippen LogP contribution in [0.15, 0.2) is 72.8 Å². The molecule has 0 bridgehead atoms. The second-order valence-corrected chi connectivity index (χ2v) is 11.7. The number of hydrogen-bond acceptors (Lipinski definition) is 4. The van der Waals surface area contributed by atoms with Gasteiger partial charge in [0.05, 0.1) is 11.9 Å². The standard InChI is InChI=1S/C29H33ClFN3O4S/c1-4-16-32-29(36)27(18-22-10-6-5-7-11-22)33(19-23-12-8-9-13-25(23)31)28(35)20-34(39(3,37)38)26-15-14-24(30)17-21(26)2/h5-15,17,27H,4,16,18-20H2,1-3H3,(H,32,36)/t27-/m0/s1. The van der Waals surface area contributed by atoms with Crippen LogP contribution in [0.1, 0.15) is 30.0 Å². The van der Waals surface area contributed by atoms with Crippen LogP contribution in [0.2, 0.25) is 5.02 Å². The summed E-state index contributed by atoms with van der Waals surface area (Å²) in [4.78, 5) is 28.7. The predicted octanol–water partition coefficient (Wildman–Crippen LogP) is 4.72. The third-order valence-electron chi connectivity index (χ3n) is 6.23. The zero-order valence-corrected chi connectivity index (χ0v) is 23.8. The van der Waals surface area contributed by atoms with Crippen LogP contribution in [-0.4, -0.2) is 50.5 Å². The lowest BCUT2D eigenvalue weighted by molar-refractivity contribution is -0.140. The summed E-state index contributed by atoms with van der Waals surface area (Å²) < 4.78 is 41.5. The van der Waals surface area contributed by atoms with Crippen molar-refractivity contribution in [2.45, 2.75) is 39.3 Å². The fourth-order valence-corrected chi connectivity index (χ4v) is 5.36. The molecule has 0 radical (unpaired) electrons. The molecule has 1 atom stereocenters. The van der Waals surface area contributed by atoms with E-state index in [0.29, 0.717) is 23.6 Å². The molecule has 3 aromatic carbocycles. The molecule has 0 aliphatic heterocycles. The number of hydrogen-bond donors (Lipinski definition) is 1. The Labute approximate surface area is 234 Å². The number of carbonyl (C=O) groups is 2. The first-order chi connectivity index (χ1) is 18.5. The minimum Gasteiger partial charge on any atom is -0.354 e. The lowest BCUT2D eigenvalue weighted by atomic mass is 10.0. The smallest absolute Gasteiger partial charge is 0.244 e. The van der Waals surface area contributed by atoms with Gasteiger partial charge in [0.25, 0.3) is 0 Å². The van der Waals surface area contributed by atoms with Crippen molar-refractivity contribution in [1.29, 1.82) is 0 Å². The molecule has 0 fully saturated rings. The Morgan fingerprint density at radius 1 is 1.03 bits per heavy atom. The molecule has 7 nitrogen and oxygen atoms in total. The molecule has 39 heavy (non-hydrogen) atoms. The highest BCUT2D eigenvalue weighted by Gasteiger charge is 2.33. The van der Waals surface area contributed by atoms with Crippen LogP contribution in [0, 0.1) is 12.7 Å². The van der Waals surface area contributed by atoms with E-state index in [1.807, 2.05) is 37.3 Å². The normalized spacial score (nSPS) is 12.0. The van der Waals surface area contributed by atoms with Gasteiger partial charge in [-0.1, -0.05) is 67.1 Å². The number of nitrogens with one attached hydrogen (secondary N) is 1. The van der Waals surface area contributed by atoms with Crippen molar-refractivity contribution in [2.75, 3.05) is 23.7 Å². The van der Waals surface area contributed by atoms with Crippen LogP contribution in [0.25, 0.3) is 0 Å². The van der Waals surface area contributed by atoms with E-state index < -0.39 is 40.2 Å². The highest BCUT2D eigenvalue weighted by molar-refractivity contribution is 7.92. The molecule has 0 saturated carbocycles. The number of benzene rings is 3. The van der Waals surface area contributed by atoms with E-state index in [2.05, 4.69) is 5.32 Å². The molecule has 0 spiro atoms. The third kappa shape index (κ3) is 8.28. The van der Waals surface area contributed by atoms with Gasteiger partial charge in [0, 0.05) is 30.1 Å². The second-order valence-electron chi connectivity index (χ2n) is 9.31. The van der Waals surface area contributed by atoms with E-state index in [1.54, 1.807) is 25.1 Å². The second kappa shape index (κ2) is 13.6. The third-order valence-corrected chi connectivity index (χ3v) is 7.59. The van der Waals surface area contributed by atoms with Gasteiger partial charge in [-0.2, -0.15) is 0 Å². The summed E-state index contributed by atoms with van der Waals surface area (Å²) in [7, 11) is -3.91. The number of carbonyl (C=O) groups excluding carboxylic acids is 2. The Bertz CT molecular complexity index is 1400. The number of rotatable bonds is 12. The topological polar surface area (TPSA) is 86.8 Å². The number of anilines is 1. The molecule has 0 aliphatic rings. The Balaban J connectivity index is 2.07. The van der Waals surface area contributed by atoms with E-state index in [4.69, 9.17) is 11.6 Å². The van der Waals surface area contributed by atoms with Gasteiger partial charge in [0.1, 0.15) is 18.4 Å². The van der Waals surface area contributed by atoms with E-state index in [-0.39, 0.29) is 24.2 Å². The number of sulfonamides is 1. The Kier molecular flexibility index (Phi) is 10.5. The summed E-state index contributed by atoms with van der Waals surface area (Å²) in [5.41, 5.74) is 1.86. The van der Waals surface area contributed by atoms with Gasteiger partial charge in [0.2, 0.25) is 21.8 Å². The van der Waals surface area contributed by atoms with Gasteiger partial charge in [-0.3, -0.25) is 13.9 Å². The van der Waals surface area contributed by atoms with E-state index in [0.717, 1.165) is 16.1 Å². The monoisotopic (exact) mass is 573 g/mol. The van der Waals surface area contributed by atoms with Gasteiger partial charge >= 0.3 is 0 Å². The van der Waals surface area contributed by atoms with Crippen molar-refractivity contribution < 1.29 is 22.4 Å². The maximum absolute atomic E-state index is 14.8. The highest BCUT2D eigenvalue weighted by atomic mass is 35.5. The summed E-state index contributed by atoms with van der Waals surface area (Å²) in [6, 6.07) is 18.8. The summed E-state index contributed by atoms with van der Waals surface area (Å²) in [6.45, 7) is 3.19. The van der Waals surface area contributed by atoms with E-state index in [1.165, 1.54) is 29.2 Å². The van der Waals surface area contributed by atoms with Crippen LogP contribution in [0.4, 0.5) is 10.1 Å². The molecule has 0 aliphatic carbocycles. The molecule has 3 aromatic rings. The molecule has 2 amide bonds. The van der Waals surface area contributed by atoms with Crippen molar-refractivity contribution >= 4 is 39.1 Å². The van der Waals surface area contributed by atoms with Crippen molar-refractivity contribution in [3.8, 4) is 0 Å². The van der Waals surface area contributed by atoms with Crippen LogP contribution in [-0.2, 0) is 32.6 Å². The number of nitrogens with zero attached hydrogens (tertiary/aromatic N) is 2. The average Bonchev–Trinajstić information content (AvgIpc) is 2.89. The zero-order valence-electron chi connectivity index (χ0n) is 22.2. The molecular weight excluding hydrogens is 541 g/mol. The lowest BCUT2D eigenvalue weighted by Crippen LogP contribution is -2.53. The molecule has 10 heteroatoms. The molecule has 0 saturated heterocycles. The van der Waals surface area contributed by atoms with Crippen LogP contribution in [0.5, 0.6) is 0 Å². The number of amides is 2. The lowest BCUT2D eigenvalue weighted by Gasteiger charge is -2.34. The molecule has 0 unspecified atom stereocenters. The van der Waals surface area contributed by atoms with E-state index >= 15 is 0 Å². The quantitative estimate of drug-likeness (QED) is 0.340. The first kappa shape index (κ1) is 30.1. The van der Waals surface area contributed by atoms with Crippen molar-refractivity contribution in [3.63, 3.8) is 0 Å². The first-order valence-electron chi connectivity index (χ1n) is 12.6. The maximum Gasteiger partial charge on any atom is 0.244 e. The Morgan fingerprint density at radius 2 is 1.69 bits per heavy atom. The van der Waals surface area contributed by atoms with E-state index in [9.17, 15) is 22.4 Å². The van der Waals surface area contributed by atoms with Crippen molar-refractivity contribution in [3.05, 3.63) is 100 Å². The maximum atomic E-state index is 14.8. The fourth-order valence-electron chi connectivity index (χ4n) is 4.22. The summed E-state index contributed by atoms with van der Waals surface area (Å²) in [6.07, 6.45) is 1.85. The largest absolute Gasteiger partial charge is 0.354 e. The van der Waals surface area contributed by atoms with Crippen molar-refractivity contribution in [1.82, 2.24) is 10.2 Å². The minimum absolute atomic E-state index is 0.162. The Morgan fingerprint density at radius 3 is 2.31 bits per heavy atom. The number of halogens is 2. The molecular formula is C29H33ClFN3O4S.